The lowest BCUT2D eigenvalue weighted by atomic mass is 10.2. The summed E-state index contributed by atoms with van der Waals surface area (Å²) in [5, 5.41) is 11.6. The Kier molecular flexibility index (Phi) is 8.07. The number of amides is 2. The number of likely N-dealkylation sites (N-methyl/N-ethyl adjacent to an activating group) is 1. The largest absolute Gasteiger partial charge is 0.340 e. The lowest BCUT2D eigenvalue weighted by Crippen LogP contribution is -2.47. The number of hydrogen-bond acceptors (Lipinski definition) is 5. The van der Waals surface area contributed by atoms with E-state index in [9.17, 15) is 9.59 Å². The van der Waals surface area contributed by atoms with Gasteiger partial charge in [-0.3, -0.25) is 19.5 Å². The summed E-state index contributed by atoms with van der Waals surface area (Å²) >= 11 is 1.52. The van der Waals surface area contributed by atoms with E-state index in [1.807, 2.05) is 36.4 Å². The Morgan fingerprint density at radius 1 is 1.30 bits per heavy atom. The van der Waals surface area contributed by atoms with Crippen LogP contribution >= 0.6 is 11.8 Å². The zero-order valence-electron chi connectivity index (χ0n) is 14.9. The molecule has 0 fully saturated rings. The van der Waals surface area contributed by atoms with Crippen LogP contribution in [-0.2, 0) is 15.3 Å². The van der Waals surface area contributed by atoms with Gasteiger partial charge in [0, 0.05) is 37.0 Å². The van der Waals surface area contributed by atoms with Gasteiger partial charge in [0.05, 0.1) is 0 Å². The van der Waals surface area contributed by atoms with Gasteiger partial charge in [-0.25, -0.2) is 0 Å². The third kappa shape index (κ3) is 6.96. The molecule has 2 amide bonds. The van der Waals surface area contributed by atoms with Crippen molar-refractivity contribution in [2.45, 2.75) is 11.8 Å². The van der Waals surface area contributed by atoms with Gasteiger partial charge in [0.1, 0.15) is 6.04 Å². The molecule has 1 aromatic carbocycles. The molecule has 0 aliphatic carbocycles. The van der Waals surface area contributed by atoms with Crippen molar-refractivity contribution < 1.29 is 9.59 Å². The number of aromatic nitrogens is 1. The van der Waals surface area contributed by atoms with E-state index in [2.05, 4.69) is 10.3 Å². The molecule has 0 saturated heterocycles. The monoisotopic (exact) mass is 380 g/mol. The number of hydrogen-bond donors (Lipinski definition) is 1. The van der Waals surface area contributed by atoms with Crippen LogP contribution in [0.1, 0.15) is 11.1 Å². The van der Waals surface area contributed by atoms with Gasteiger partial charge in [-0.05, 0) is 23.3 Å². The molecule has 27 heavy (non-hydrogen) atoms. The molecule has 1 heterocycles. The number of rotatable bonds is 8. The van der Waals surface area contributed by atoms with Crippen molar-refractivity contribution in [2.24, 2.45) is 0 Å². The van der Waals surface area contributed by atoms with Gasteiger partial charge < -0.3 is 5.32 Å². The average Bonchev–Trinajstić information content (AvgIpc) is 2.72. The summed E-state index contributed by atoms with van der Waals surface area (Å²) in [6, 6.07) is 12.7. The second-order valence-corrected chi connectivity index (χ2v) is 6.71. The summed E-state index contributed by atoms with van der Waals surface area (Å²) in [5.41, 5.74) is 1.91. The van der Waals surface area contributed by atoms with Crippen molar-refractivity contribution in [1.29, 1.82) is 5.26 Å². The summed E-state index contributed by atoms with van der Waals surface area (Å²) in [5.74, 6) is 0.235. The van der Waals surface area contributed by atoms with E-state index in [0.29, 0.717) is 11.5 Å². The molecule has 0 radical (unpaired) electrons. The summed E-state index contributed by atoms with van der Waals surface area (Å²) in [4.78, 5) is 29.5. The first-order valence-corrected chi connectivity index (χ1v) is 9.43. The van der Waals surface area contributed by atoms with Crippen molar-refractivity contribution in [1.82, 2.24) is 15.2 Å². The third-order valence-electron chi connectivity index (χ3n) is 3.60. The average molecular weight is 380 g/mol. The van der Waals surface area contributed by atoms with Crippen molar-refractivity contribution in [3.63, 3.8) is 0 Å². The minimum Gasteiger partial charge on any atom is -0.340 e. The van der Waals surface area contributed by atoms with Gasteiger partial charge >= 0.3 is 0 Å². The van der Waals surface area contributed by atoms with Gasteiger partial charge in [-0.15, -0.1) is 0 Å². The molecule has 7 heteroatoms. The van der Waals surface area contributed by atoms with Crippen LogP contribution in [0.2, 0.25) is 0 Å². The summed E-state index contributed by atoms with van der Waals surface area (Å²) < 4.78 is 0. The highest BCUT2D eigenvalue weighted by Crippen LogP contribution is 2.13. The van der Waals surface area contributed by atoms with Crippen LogP contribution in [0.15, 0.2) is 60.9 Å². The fraction of sp³-hybridized carbons (Fsp3) is 0.200. The van der Waals surface area contributed by atoms with Crippen molar-refractivity contribution in [3.05, 3.63) is 72.1 Å². The van der Waals surface area contributed by atoms with E-state index in [1.54, 1.807) is 30.7 Å². The van der Waals surface area contributed by atoms with E-state index in [-0.39, 0.29) is 0 Å². The SMILES string of the molecule is CN(C#N)C(=O)[C@H](CSCc1ccccc1)NC(=O)C=Cc1cccnc1. The Morgan fingerprint density at radius 3 is 2.74 bits per heavy atom. The summed E-state index contributed by atoms with van der Waals surface area (Å²) in [7, 11) is 1.38. The quantitative estimate of drug-likeness (QED) is 0.432. The first kappa shape index (κ1) is 20.2. The maximum absolute atomic E-state index is 12.4. The van der Waals surface area contributed by atoms with Gasteiger partial charge in [-0.2, -0.15) is 17.0 Å². The molecule has 0 bridgehead atoms. The molecular formula is C20H20N4O2S. The number of benzene rings is 1. The maximum atomic E-state index is 12.4. The second kappa shape index (κ2) is 10.8. The smallest absolute Gasteiger partial charge is 0.258 e. The van der Waals surface area contributed by atoms with Crippen LogP contribution in [0.4, 0.5) is 0 Å². The Bertz CT molecular complexity index is 819. The number of pyridine rings is 1. The molecule has 2 aromatic rings. The molecule has 0 saturated carbocycles. The van der Waals surface area contributed by atoms with Gasteiger partial charge in [-0.1, -0.05) is 36.4 Å². The van der Waals surface area contributed by atoms with Crippen molar-refractivity contribution in [2.75, 3.05) is 12.8 Å². The van der Waals surface area contributed by atoms with Crippen LogP contribution < -0.4 is 5.32 Å². The minimum absolute atomic E-state index is 0.367. The number of carbonyl (C=O) groups excluding carboxylic acids is 2. The molecule has 0 spiro atoms. The molecule has 0 aliphatic rings. The molecular weight excluding hydrogens is 360 g/mol. The predicted molar refractivity (Wildman–Crippen MR) is 106 cm³/mol. The van der Waals surface area contributed by atoms with Crippen LogP contribution in [0, 0.1) is 11.5 Å². The molecule has 2 rings (SSSR count). The molecule has 1 atom stereocenters. The Balaban J connectivity index is 1.96. The van der Waals surface area contributed by atoms with Crippen LogP contribution in [0.3, 0.4) is 0 Å². The number of carbonyl (C=O) groups is 2. The first-order valence-electron chi connectivity index (χ1n) is 8.27. The van der Waals surface area contributed by atoms with Crippen LogP contribution in [0.5, 0.6) is 0 Å². The number of nitriles is 1. The number of thioether (sulfide) groups is 1. The Labute approximate surface area is 162 Å². The van der Waals surface area contributed by atoms with Crippen molar-refractivity contribution in [3.8, 4) is 6.19 Å². The normalized spacial score (nSPS) is 11.6. The van der Waals surface area contributed by atoms with E-state index < -0.39 is 17.9 Å². The Morgan fingerprint density at radius 2 is 2.07 bits per heavy atom. The highest BCUT2D eigenvalue weighted by atomic mass is 32.2. The topological polar surface area (TPSA) is 86.1 Å². The molecule has 1 N–H and O–H groups in total. The number of nitrogens with zero attached hydrogens (tertiary/aromatic N) is 3. The van der Waals surface area contributed by atoms with E-state index in [0.717, 1.165) is 16.0 Å². The lowest BCUT2D eigenvalue weighted by molar-refractivity contribution is -0.131. The second-order valence-electron chi connectivity index (χ2n) is 5.68. The molecule has 6 nitrogen and oxygen atoms in total. The zero-order chi connectivity index (χ0) is 19.5. The van der Waals surface area contributed by atoms with Gasteiger partial charge in [0.2, 0.25) is 5.91 Å². The van der Waals surface area contributed by atoms with E-state index >= 15 is 0 Å². The van der Waals surface area contributed by atoms with Crippen LogP contribution in [0.25, 0.3) is 6.08 Å². The molecule has 138 valence electrons. The first-order chi connectivity index (χ1) is 13.1. The standard InChI is InChI=1S/C20H20N4O2S/c1-24(15-21)20(26)18(14-27-13-17-6-3-2-4-7-17)23-19(25)10-9-16-8-5-11-22-12-16/h2-12,18H,13-14H2,1H3,(H,23,25)/t18-/m0/s1. The fourth-order valence-electron chi connectivity index (χ4n) is 2.19. The third-order valence-corrected chi connectivity index (χ3v) is 4.71. The Hall–Kier alpha value is -3.11. The highest BCUT2D eigenvalue weighted by Gasteiger charge is 2.23. The predicted octanol–water partition coefficient (Wildman–Crippen LogP) is 2.45. The fourth-order valence-corrected chi connectivity index (χ4v) is 3.20. The maximum Gasteiger partial charge on any atom is 0.258 e. The van der Waals surface area contributed by atoms with Gasteiger partial charge in [0.25, 0.3) is 5.91 Å². The number of nitrogens with one attached hydrogen (secondary N) is 1. The lowest BCUT2D eigenvalue weighted by Gasteiger charge is -2.19. The van der Waals surface area contributed by atoms with Gasteiger partial charge in [0.15, 0.2) is 6.19 Å². The zero-order valence-corrected chi connectivity index (χ0v) is 15.7. The van der Waals surface area contributed by atoms with Crippen LogP contribution in [-0.4, -0.2) is 40.5 Å². The minimum atomic E-state index is -0.783. The molecule has 0 aliphatic heterocycles. The molecule has 0 unspecified atom stereocenters. The molecule has 1 aromatic heterocycles. The highest BCUT2D eigenvalue weighted by molar-refractivity contribution is 7.98. The summed E-state index contributed by atoms with van der Waals surface area (Å²) in [6.45, 7) is 0. The summed E-state index contributed by atoms with van der Waals surface area (Å²) in [6.07, 6.45) is 8.03. The van der Waals surface area contributed by atoms with E-state index in [1.165, 1.54) is 24.9 Å². The van der Waals surface area contributed by atoms with E-state index in [4.69, 9.17) is 5.26 Å². The van der Waals surface area contributed by atoms with Crippen molar-refractivity contribution >= 4 is 29.7 Å².